The van der Waals surface area contributed by atoms with Gasteiger partial charge in [0.15, 0.2) is 11.5 Å². The van der Waals surface area contributed by atoms with Crippen molar-refractivity contribution >= 4 is 22.4 Å². The Kier molecular flexibility index (Phi) is 3.31. The first kappa shape index (κ1) is 10.1. The summed E-state index contributed by atoms with van der Waals surface area (Å²) in [6, 6.07) is 3.49. The maximum absolute atomic E-state index is 10.1. The summed E-state index contributed by atoms with van der Waals surface area (Å²) in [5.74, 6) is 0.961. The van der Waals surface area contributed by atoms with Crippen LogP contribution in [0.5, 0.6) is 11.5 Å². The number of methoxy groups -OCH3 is 1. The summed E-state index contributed by atoms with van der Waals surface area (Å²) in [5.41, 5.74) is 1.02. The van der Waals surface area contributed by atoms with Gasteiger partial charge in [-0.3, -0.25) is 4.79 Å². The molecular weight excluding hydrogens is 236 g/mol. The van der Waals surface area contributed by atoms with Crippen LogP contribution in [-0.4, -0.2) is 13.6 Å². The predicted octanol–water partition coefficient (Wildman–Crippen LogP) is 2.30. The minimum absolute atomic E-state index is 0.375. The van der Waals surface area contributed by atoms with Gasteiger partial charge in [0.1, 0.15) is 0 Å². The Bertz CT molecular complexity index is 323. The van der Waals surface area contributed by atoms with Gasteiger partial charge < -0.3 is 9.47 Å². The fourth-order valence-electron chi connectivity index (χ4n) is 0.940. The molecule has 70 valence electrons. The van der Waals surface area contributed by atoms with E-state index in [4.69, 9.17) is 9.47 Å². The van der Waals surface area contributed by atoms with Crippen molar-refractivity contribution in [3.05, 3.63) is 22.2 Å². The molecule has 0 saturated heterocycles. The van der Waals surface area contributed by atoms with Gasteiger partial charge in [-0.25, -0.2) is 0 Å². The Labute approximate surface area is 84.8 Å². The molecule has 0 radical (unpaired) electrons. The van der Waals surface area contributed by atoms with E-state index >= 15 is 0 Å². The van der Waals surface area contributed by atoms with Crippen molar-refractivity contribution in [3.63, 3.8) is 0 Å². The molecule has 0 aromatic heterocycles. The number of rotatable bonds is 3. The molecule has 0 bridgehead atoms. The molecule has 0 unspecified atom stereocenters. The van der Waals surface area contributed by atoms with E-state index in [9.17, 15) is 4.79 Å². The summed E-state index contributed by atoms with van der Waals surface area (Å²) in [5, 5.41) is 0. The van der Waals surface area contributed by atoms with E-state index < -0.39 is 0 Å². The van der Waals surface area contributed by atoms with Gasteiger partial charge in [0.25, 0.3) is 6.47 Å². The molecule has 13 heavy (non-hydrogen) atoms. The smallest absolute Gasteiger partial charge is 0.298 e. The lowest BCUT2D eigenvalue weighted by Crippen LogP contribution is -1.94. The fourth-order valence-corrected chi connectivity index (χ4v) is 1.26. The predicted molar refractivity (Wildman–Crippen MR) is 52.1 cm³/mol. The third-order valence-corrected chi connectivity index (χ3v) is 2.47. The Morgan fingerprint density at radius 1 is 1.38 bits per heavy atom. The molecule has 0 fully saturated rings. The first-order valence-corrected chi connectivity index (χ1v) is 4.42. The number of halogens is 1. The summed E-state index contributed by atoms with van der Waals surface area (Å²) < 4.78 is 10.6. The molecule has 0 heterocycles. The van der Waals surface area contributed by atoms with Crippen LogP contribution >= 0.6 is 15.9 Å². The van der Waals surface area contributed by atoms with E-state index in [2.05, 4.69) is 15.9 Å². The molecule has 0 spiro atoms. The Morgan fingerprint density at radius 3 is 2.62 bits per heavy atom. The minimum atomic E-state index is 0.375. The highest BCUT2D eigenvalue weighted by molar-refractivity contribution is 9.10. The fraction of sp³-hybridized carbons (Fsp3) is 0.222. The largest absolute Gasteiger partial charge is 0.493 e. The summed E-state index contributed by atoms with van der Waals surface area (Å²) in [6.45, 7) is 2.30. The van der Waals surface area contributed by atoms with Crippen molar-refractivity contribution in [2.45, 2.75) is 6.92 Å². The van der Waals surface area contributed by atoms with E-state index in [0.717, 1.165) is 10.0 Å². The molecule has 0 amide bonds. The van der Waals surface area contributed by atoms with Crippen LogP contribution in [0.2, 0.25) is 0 Å². The number of benzene rings is 1. The first-order chi connectivity index (χ1) is 6.19. The van der Waals surface area contributed by atoms with Crippen LogP contribution in [0.4, 0.5) is 0 Å². The van der Waals surface area contributed by atoms with Crippen molar-refractivity contribution in [1.29, 1.82) is 0 Å². The number of hydrogen-bond donors (Lipinski definition) is 0. The van der Waals surface area contributed by atoms with Gasteiger partial charge in [-0.2, -0.15) is 0 Å². The van der Waals surface area contributed by atoms with E-state index in [0.29, 0.717) is 18.0 Å². The van der Waals surface area contributed by atoms with Gasteiger partial charge in [-0.05, 0) is 24.6 Å². The Hall–Kier alpha value is -1.03. The molecule has 1 rings (SSSR count). The average Bonchev–Trinajstić information content (AvgIpc) is 2.11. The number of carbonyl (C=O) groups excluding carboxylic acids is 1. The third kappa shape index (κ3) is 2.21. The summed E-state index contributed by atoms with van der Waals surface area (Å²) in [4.78, 5) is 10.1. The number of aryl methyl sites for hydroxylation is 1. The van der Waals surface area contributed by atoms with Gasteiger partial charge in [0.2, 0.25) is 0 Å². The van der Waals surface area contributed by atoms with Gasteiger partial charge >= 0.3 is 0 Å². The zero-order valence-corrected chi connectivity index (χ0v) is 8.92. The van der Waals surface area contributed by atoms with Crippen LogP contribution in [0.15, 0.2) is 16.6 Å². The highest BCUT2D eigenvalue weighted by Crippen LogP contribution is 2.32. The van der Waals surface area contributed by atoms with Crippen molar-refractivity contribution in [2.75, 3.05) is 7.11 Å². The van der Waals surface area contributed by atoms with Crippen molar-refractivity contribution in [1.82, 2.24) is 0 Å². The molecule has 1 aromatic rings. The van der Waals surface area contributed by atoms with E-state index in [1.165, 1.54) is 7.11 Å². The number of hydrogen-bond acceptors (Lipinski definition) is 3. The standard InChI is InChI=1S/C9H9BrO3/c1-6-3-8(12-2)9(13-5-11)4-7(6)10/h3-5H,1-2H3. The van der Waals surface area contributed by atoms with Gasteiger partial charge in [0.05, 0.1) is 7.11 Å². The van der Waals surface area contributed by atoms with Crippen LogP contribution in [0.3, 0.4) is 0 Å². The average molecular weight is 245 g/mol. The minimum Gasteiger partial charge on any atom is -0.493 e. The molecule has 0 aliphatic carbocycles. The first-order valence-electron chi connectivity index (χ1n) is 3.63. The van der Waals surface area contributed by atoms with Crippen LogP contribution < -0.4 is 9.47 Å². The van der Waals surface area contributed by atoms with Crippen LogP contribution in [0.1, 0.15) is 5.56 Å². The van der Waals surface area contributed by atoms with Gasteiger partial charge in [0, 0.05) is 4.47 Å². The molecule has 0 N–H and O–H groups in total. The summed E-state index contributed by atoms with van der Waals surface area (Å²) in [7, 11) is 1.53. The molecule has 0 aliphatic rings. The highest BCUT2D eigenvalue weighted by atomic mass is 79.9. The van der Waals surface area contributed by atoms with E-state index in [1.54, 1.807) is 12.1 Å². The lowest BCUT2D eigenvalue weighted by molar-refractivity contribution is -0.120. The molecule has 0 saturated carbocycles. The van der Waals surface area contributed by atoms with Gasteiger partial charge in [-0.1, -0.05) is 15.9 Å². The molecule has 0 atom stereocenters. The quantitative estimate of drug-likeness (QED) is 0.766. The topological polar surface area (TPSA) is 35.5 Å². The van der Waals surface area contributed by atoms with Crippen molar-refractivity contribution in [3.8, 4) is 11.5 Å². The second-order valence-corrected chi connectivity index (χ2v) is 3.32. The monoisotopic (exact) mass is 244 g/mol. The molecule has 0 aliphatic heterocycles. The molecule has 4 heteroatoms. The van der Waals surface area contributed by atoms with Gasteiger partial charge in [-0.15, -0.1) is 0 Å². The summed E-state index contributed by atoms with van der Waals surface area (Å²) >= 11 is 3.33. The lowest BCUT2D eigenvalue weighted by Gasteiger charge is -2.08. The summed E-state index contributed by atoms with van der Waals surface area (Å²) in [6.07, 6.45) is 0. The zero-order chi connectivity index (χ0) is 9.84. The maximum atomic E-state index is 10.1. The third-order valence-electron chi connectivity index (χ3n) is 1.62. The maximum Gasteiger partial charge on any atom is 0.298 e. The second kappa shape index (κ2) is 4.28. The second-order valence-electron chi connectivity index (χ2n) is 2.47. The van der Waals surface area contributed by atoms with E-state index in [-0.39, 0.29) is 0 Å². The van der Waals surface area contributed by atoms with Crippen LogP contribution in [0, 0.1) is 6.92 Å². The molecule has 1 aromatic carbocycles. The molecular formula is C9H9BrO3. The SMILES string of the molecule is COc1cc(C)c(Br)cc1OC=O. The Morgan fingerprint density at radius 2 is 2.08 bits per heavy atom. The van der Waals surface area contributed by atoms with Crippen molar-refractivity contribution in [2.24, 2.45) is 0 Å². The van der Waals surface area contributed by atoms with Crippen LogP contribution in [-0.2, 0) is 4.79 Å². The Balaban J connectivity index is 3.15. The van der Waals surface area contributed by atoms with E-state index in [1.807, 2.05) is 6.92 Å². The number of ether oxygens (including phenoxy) is 2. The zero-order valence-electron chi connectivity index (χ0n) is 7.33. The van der Waals surface area contributed by atoms with Crippen LogP contribution in [0.25, 0.3) is 0 Å². The highest BCUT2D eigenvalue weighted by Gasteiger charge is 2.07. The number of carbonyl (C=O) groups is 1. The van der Waals surface area contributed by atoms with Crippen molar-refractivity contribution < 1.29 is 14.3 Å². The normalized spacial score (nSPS) is 9.46. The lowest BCUT2D eigenvalue weighted by atomic mass is 10.2. The molecule has 3 nitrogen and oxygen atoms in total.